The van der Waals surface area contributed by atoms with Crippen molar-refractivity contribution in [3.63, 3.8) is 0 Å². The topological polar surface area (TPSA) is 35.5 Å². The van der Waals surface area contributed by atoms with E-state index >= 15 is 0 Å². The van der Waals surface area contributed by atoms with Crippen molar-refractivity contribution in [1.29, 1.82) is 0 Å². The van der Waals surface area contributed by atoms with Crippen LogP contribution >= 0.6 is 0 Å². The minimum absolute atomic E-state index is 0.342. The van der Waals surface area contributed by atoms with Crippen LogP contribution in [0.15, 0.2) is 12.8 Å². The van der Waals surface area contributed by atoms with Crippen LogP contribution in [-0.4, -0.2) is 18.7 Å². The zero-order valence-corrected chi connectivity index (χ0v) is 8.41. The fourth-order valence-electron chi connectivity index (χ4n) is 1.02. The number of unbranched alkanes of at least 4 members (excludes halogenated alkanes) is 1. The first kappa shape index (κ1) is 12.2. The molecule has 0 aliphatic rings. The van der Waals surface area contributed by atoms with Crippen LogP contribution in [0.3, 0.4) is 0 Å². The Hall–Kier alpha value is -0.830. The van der Waals surface area contributed by atoms with Crippen LogP contribution in [0.4, 0.5) is 0 Å². The van der Waals surface area contributed by atoms with Gasteiger partial charge in [-0.3, -0.25) is 0 Å². The number of hydrogen-bond acceptors (Lipinski definition) is 3. The van der Waals surface area contributed by atoms with Crippen molar-refractivity contribution in [2.45, 2.75) is 39.2 Å². The van der Waals surface area contributed by atoms with Gasteiger partial charge in [0.2, 0.25) is 0 Å². The molecule has 3 nitrogen and oxygen atoms in total. The smallest absolute Gasteiger partial charge is 0.340 e. The normalized spacial score (nSPS) is 12.2. The number of ether oxygens (including phenoxy) is 2. The molecule has 0 saturated heterocycles. The molecule has 1 unspecified atom stereocenters. The Morgan fingerprint density at radius 3 is 2.69 bits per heavy atom. The molecular formula is C10H18O3. The van der Waals surface area contributed by atoms with Crippen LogP contribution in [0.2, 0.25) is 0 Å². The summed E-state index contributed by atoms with van der Waals surface area (Å²) in [6.45, 7) is 7.79. The molecule has 0 spiro atoms. The third-order valence-electron chi connectivity index (χ3n) is 1.65. The van der Waals surface area contributed by atoms with Gasteiger partial charge in [-0.15, -0.1) is 0 Å². The summed E-state index contributed by atoms with van der Waals surface area (Å²) in [5, 5.41) is 0. The van der Waals surface area contributed by atoms with Gasteiger partial charge in [-0.2, -0.15) is 0 Å². The second kappa shape index (κ2) is 7.80. The summed E-state index contributed by atoms with van der Waals surface area (Å²) < 4.78 is 9.89. The van der Waals surface area contributed by atoms with E-state index in [9.17, 15) is 4.79 Å². The van der Waals surface area contributed by atoms with E-state index in [1.165, 1.54) is 0 Å². The summed E-state index contributed by atoms with van der Waals surface area (Å²) in [6.07, 6.45) is 3.45. The maximum Gasteiger partial charge on any atom is 0.340 e. The van der Waals surface area contributed by atoms with Crippen molar-refractivity contribution in [1.82, 2.24) is 0 Å². The Morgan fingerprint density at radius 2 is 2.23 bits per heavy atom. The molecule has 0 aliphatic carbocycles. The molecule has 0 rings (SSSR count). The minimum atomic E-state index is -0.428. The second-order valence-electron chi connectivity index (χ2n) is 2.69. The molecule has 0 heterocycles. The predicted molar refractivity (Wildman–Crippen MR) is 51.2 cm³/mol. The fraction of sp³-hybridized carbons (Fsp3) is 0.700. The van der Waals surface area contributed by atoms with E-state index in [-0.39, 0.29) is 5.97 Å². The van der Waals surface area contributed by atoms with Gasteiger partial charge in [0.15, 0.2) is 6.10 Å². The molecule has 76 valence electrons. The summed E-state index contributed by atoms with van der Waals surface area (Å²) in [7, 11) is 0. The van der Waals surface area contributed by atoms with Gasteiger partial charge in [-0.1, -0.05) is 26.3 Å². The van der Waals surface area contributed by atoms with Crippen LogP contribution in [-0.2, 0) is 14.3 Å². The lowest BCUT2D eigenvalue weighted by Gasteiger charge is -2.13. The molecule has 0 aliphatic heterocycles. The molecule has 0 N–H and O–H groups in total. The molecular weight excluding hydrogens is 168 g/mol. The molecule has 0 aromatic rings. The molecule has 0 aromatic heterocycles. The maximum atomic E-state index is 11.2. The lowest BCUT2D eigenvalue weighted by Crippen LogP contribution is -2.25. The number of esters is 1. The summed E-state index contributed by atoms with van der Waals surface area (Å²) in [5.41, 5.74) is 0. The van der Waals surface area contributed by atoms with E-state index in [1.54, 1.807) is 0 Å². The van der Waals surface area contributed by atoms with Gasteiger partial charge in [0.25, 0.3) is 0 Å². The summed E-state index contributed by atoms with van der Waals surface area (Å²) in [5.74, 6) is -0.342. The number of carbonyl (C=O) groups is 1. The van der Waals surface area contributed by atoms with Crippen LogP contribution in [0.1, 0.15) is 33.1 Å². The molecule has 0 bridgehead atoms. The average Bonchev–Trinajstić information content (AvgIpc) is 2.12. The minimum Gasteiger partial charge on any atom is -0.433 e. The van der Waals surface area contributed by atoms with E-state index in [0.29, 0.717) is 6.61 Å². The Morgan fingerprint density at radius 1 is 1.54 bits per heavy atom. The Labute approximate surface area is 79.7 Å². The van der Waals surface area contributed by atoms with Crippen molar-refractivity contribution in [2.24, 2.45) is 0 Å². The first-order chi connectivity index (χ1) is 6.26. The Balaban J connectivity index is 3.90. The highest BCUT2D eigenvalue weighted by Crippen LogP contribution is 2.06. The zero-order valence-electron chi connectivity index (χ0n) is 8.41. The van der Waals surface area contributed by atoms with Gasteiger partial charge >= 0.3 is 5.97 Å². The van der Waals surface area contributed by atoms with Crippen molar-refractivity contribution < 1.29 is 14.3 Å². The van der Waals surface area contributed by atoms with Gasteiger partial charge in [0.1, 0.15) is 0 Å². The largest absolute Gasteiger partial charge is 0.433 e. The number of carbonyl (C=O) groups excluding carboxylic acids is 1. The highest BCUT2D eigenvalue weighted by molar-refractivity contribution is 5.75. The van der Waals surface area contributed by atoms with Crippen molar-refractivity contribution >= 4 is 5.97 Å². The summed E-state index contributed by atoms with van der Waals surface area (Å²) in [6, 6.07) is 0. The van der Waals surface area contributed by atoms with E-state index in [2.05, 4.69) is 18.2 Å². The number of rotatable bonds is 7. The summed E-state index contributed by atoms with van der Waals surface area (Å²) in [4.78, 5) is 11.2. The second-order valence-corrected chi connectivity index (χ2v) is 2.69. The maximum absolute atomic E-state index is 11.2. The van der Waals surface area contributed by atoms with E-state index in [0.717, 1.165) is 25.5 Å². The molecule has 0 fully saturated rings. The van der Waals surface area contributed by atoms with Gasteiger partial charge in [-0.05, 0) is 13.3 Å². The first-order valence-corrected chi connectivity index (χ1v) is 4.69. The van der Waals surface area contributed by atoms with Gasteiger partial charge in [0, 0.05) is 6.61 Å². The average molecular weight is 186 g/mol. The van der Waals surface area contributed by atoms with E-state index in [4.69, 9.17) is 4.74 Å². The third kappa shape index (κ3) is 5.42. The Kier molecular flexibility index (Phi) is 7.30. The van der Waals surface area contributed by atoms with Gasteiger partial charge in [-0.25, -0.2) is 4.79 Å². The van der Waals surface area contributed by atoms with Crippen LogP contribution in [0.5, 0.6) is 0 Å². The molecule has 1 atom stereocenters. The quantitative estimate of drug-likeness (QED) is 0.452. The standard InChI is InChI=1S/C10H18O3/c1-4-7-8-9(12-5-2)10(11)13-6-3/h6,9H,3-5,7-8H2,1-2H3. The van der Waals surface area contributed by atoms with Crippen LogP contribution < -0.4 is 0 Å². The zero-order chi connectivity index (χ0) is 10.1. The SMILES string of the molecule is C=COC(=O)C(CCCC)OCC. The fourth-order valence-corrected chi connectivity index (χ4v) is 1.02. The van der Waals surface area contributed by atoms with Crippen molar-refractivity contribution in [3.8, 4) is 0 Å². The Bertz CT molecular complexity index is 154. The molecule has 0 aromatic carbocycles. The van der Waals surface area contributed by atoms with Gasteiger partial charge < -0.3 is 9.47 Å². The number of hydrogen-bond donors (Lipinski definition) is 0. The lowest BCUT2D eigenvalue weighted by molar-refractivity contribution is -0.151. The molecule has 0 amide bonds. The third-order valence-corrected chi connectivity index (χ3v) is 1.65. The lowest BCUT2D eigenvalue weighted by atomic mass is 10.1. The van der Waals surface area contributed by atoms with Crippen molar-refractivity contribution in [3.05, 3.63) is 12.8 Å². The summed E-state index contributed by atoms with van der Waals surface area (Å²) >= 11 is 0. The predicted octanol–water partition coefficient (Wildman–Crippen LogP) is 2.27. The van der Waals surface area contributed by atoms with E-state index in [1.807, 2.05) is 6.92 Å². The van der Waals surface area contributed by atoms with Crippen LogP contribution in [0, 0.1) is 0 Å². The van der Waals surface area contributed by atoms with Gasteiger partial charge in [0.05, 0.1) is 6.26 Å². The molecule has 3 heteroatoms. The molecule has 13 heavy (non-hydrogen) atoms. The van der Waals surface area contributed by atoms with Crippen LogP contribution in [0.25, 0.3) is 0 Å². The monoisotopic (exact) mass is 186 g/mol. The van der Waals surface area contributed by atoms with Crippen molar-refractivity contribution in [2.75, 3.05) is 6.61 Å². The molecule has 0 saturated carbocycles. The first-order valence-electron chi connectivity index (χ1n) is 4.69. The van der Waals surface area contributed by atoms with E-state index < -0.39 is 6.10 Å². The highest BCUT2D eigenvalue weighted by Gasteiger charge is 2.18. The highest BCUT2D eigenvalue weighted by atomic mass is 16.6. The molecule has 0 radical (unpaired) electrons.